The highest BCUT2D eigenvalue weighted by Gasteiger charge is 2.10. The Balaban J connectivity index is 2.35. The summed E-state index contributed by atoms with van der Waals surface area (Å²) in [6, 6.07) is 8.66. The first-order chi connectivity index (χ1) is 8.18. The highest BCUT2D eigenvalue weighted by molar-refractivity contribution is 6.06. The first kappa shape index (κ1) is 11.1. The smallest absolute Gasteiger partial charge is 0.322 e. The monoisotopic (exact) mass is 230 g/mol. The van der Waals surface area contributed by atoms with Crippen LogP contribution in [-0.2, 0) is 4.79 Å². The number of amides is 1. The summed E-state index contributed by atoms with van der Waals surface area (Å²) in [6.45, 7) is -0.393. The number of hydrogen-bond acceptors (Lipinski definition) is 3. The van der Waals surface area contributed by atoms with E-state index in [9.17, 15) is 9.59 Å². The van der Waals surface area contributed by atoms with Crippen LogP contribution < -0.4 is 5.32 Å². The van der Waals surface area contributed by atoms with Gasteiger partial charge < -0.3 is 10.4 Å². The molecule has 0 fully saturated rings. The number of aliphatic carboxylic acids is 1. The molecule has 0 aliphatic heterocycles. The Hall–Kier alpha value is -2.43. The molecule has 1 heterocycles. The summed E-state index contributed by atoms with van der Waals surface area (Å²) in [4.78, 5) is 26.3. The lowest BCUT2D eigenvalue weighted by molar-refractivity contribution is -0.135. The van der Waals surface area contributed by atoms with Crippen molar-refractivity contribution in [2.75, 3.05) is 6.54 Å². The number of carboxylic acid groups (broad SMARTS) is 1. The van der Waals surface area contributed by atoms with Gasteiger partial charge in [0.25, 0.3) is 5.91 Å². The number of carboxylic acids is 1. The zero-order valence-corrected chi connectivity index (χ0v) is 8.88. The number of carbonyl (C=O) groups excluding carboxylic acids is 1. The molecule has 5 heteroatoms. The van der Waals surface area contributed by atoms with Gasteiger partial charge in [-0.25, -0.2) is 0 Å². The summed E-state index contributed by atoms with van der Waals surface area (Å²) in [6.07, 6.45) is 1.64. The normalized spacial score (nSPS) is 10.1. The Kier molecular flexibility index (Phi) is 3.00. The molecular formula is C12H10N2O3. The molecular weight excluding hydrogens is 220 g/mol. The van der Waals surface area contributed by atoms with Crippen molar-refractivity contribution in [1.29, 1.82) is 0 Å². The average molecular weight is 230 g/mol. The van der Waals surface area contributed by atoms with Gasteiger partial charge in [0.05, 0.1) is 5.52 Å². The van der Waals surface area contributed by atoms with E-state index in [1.807, 2.05) is 0 Å². The molecule has 0 aliphatic carbocycles. The Morgan fingerprint density at radius 2 is 2.06 bits per heavy atom. The number of nitrogens with zero attached hydrogens (tertiary/aromatic N) is 1. The van der Waals surface area contributed by atoms with Crippen LogP contribution in [0.15, 0.2) is 36.5 Å². The number of benzene rings is 1. The molecule has 0 atom stereocenters. The molecule has 0 bridgehead atoms. The van der Waals surface area contributed by atoms with Crippen molar-refractivity contribution >= 4 is 22.8 Å². The lowest BCUT2D eigenvalue weighted by atomic mass is 10.1. The van der Waals surface area contributed by atoms with Gasteiger partial charge in [-0.05, 0) is 18.2 Å². The zero-order valence-electron chi connectivity index (χ0n) is 8.88. The van der Waals surface area contributed by atoms with Crippen LogP contribution in [-0.4, -0.2) is 28.5 Å². The molecule has 17 heavy (non-hydrogen) atoms. The van der Waals surface area contributed by atoms with Crippen molar-refractivity contribution in [2.45, 2.75) is 0 Å². The second-order valence-corrected chi connectivity index (χ2v) is 3.45. The van der Waals surface area contributed by atoms with E-state index in [1.165, 1.54) is 0 Å². The molecule has 1 aromatic carbocycles. The molecule has 2 aromatic rings. The number of aromatic nitrogens is 1. The van der Waals surface area contributed by atoms with Crippen LogP contribution in [0.4, 0.5) is 0 Å². The predicted molar refractivity (Wildman–Crippen MR) is 61.7 cm³/mol. The fourth-order valence-corrected chi connectivity index (χ4v) is 1.55. The zero-order chi connectivity index (χ0) is 12.3. The van der Waals surface area contributed by atoms with Crippen molar-refractivity contribution in [1.82, 2.24) is 10.3 Å². The third-order valence-electron chi connectivity index (χ3n) is 2.29. The predicted octanol–water partition coefficient (Wildman–Crippen LogP) is 1.05. The number of rotatable bonds is 3. The van der Waals surface area contributed by atoms with Crippen molar-refractivity contribution in [3.05, 3.63) is 42.1 Å². The highest BCUT2D eigenvalue weighted by atomic mass is 16.4. The van der Waals surface area contributed by atoms with Gasteiger partial charge in [-0.1, -0.05) is 12.1 Å². The Morgan fingerprint density at radius 1 is 1.24 bits per heavy atom. The van der Waals surface area contributed by atoms with E-state index in [1.54, 1.807) is 36.5 Å². The molecule has 0 unspecified atom stereocenters. The maximum absolute atomic E-state index is 11.8. The Bertz CT molecular complexity index is 575. The quantitative estimate of drug-likeness (QED) is 0.826. The molecule has 1 aromatic heterocycles. The van der Waals surface area contributed by atoms with Crippen molar-refractivity contribution in [3.63, 3.8) is 0 Å². The molecule has 0 saturated heterocycles. The Morgan fingerprint density at radius 3 is 2.82 bits per heavy atom. The summed E-state index contributed by atoms with van der Waals surface area (Å²) < 4.78 is 0. The van der Waals surface area contributed by atoms with Crippen molar-refractivity contribution in [2.24, 2.45) is 0 Å². The second kappa shape index (κ2) is 4.61. The van der Waals surface area contributed by atoms with Crippen molar-refractivity contribution in [3.8, 4) is 0 Å². The van der Waals surface area contributed by atoms with Crippen LogP contribution in [0.5, 0.6) is 0 Å². The van der Waals surface area contributed by atoms with Crippen molar-refractivity contribution < 1.29 is 14.7 Å². The highest BCUT2D eigenvalue weighted by Crippen LogP contribution is 2.15. The minimum absolute atomic E-state index is 0.393. The third kappa shape index (κ3) is 2.39. The molecule has 2 rings (SSSR count). The van der Waals surface area contributed by atoms with Crippen LogP contribution in [0.2, 0.25) is 0 Å². The molecule has 0 aliphatic rings. The minimum Gasteiger partial charge on any atom is -0.480 e. The SMILES string of the molecule is O=C(O)CNC(=O)c1cccc2ncccc12. The van der Waals surface area contributed by atoms with Gasteiger partial charge in [-0.3, -0.25) is 14.6 Å². The van der Waals surface area contributed by atoms with Gasteiger partial charge in [0.15, 0.2) is 0 Å². The summed E-state index contributed by atoms with van der Waals surface area (Å²) >= 11 is 0. The molecule has 0 radical (unpaired) electrons. The molecule has 5 nitrogen and oxygen atoms in total. The molecule has 86 valence electrons. The van der Waals surface area contributed by atoms with Gasteiger partial charge in [0.1, 0.15) is 6.54 Å². The van der Waals surface area contributed by atoms with E-state index >= 15 is 0 Å². The largest absolute Gasteiger partial charge is 0.480 e. The van der Waals surface area contributed by atoms with Crippen LogP contribution in [0.3, 0.4) is 0 Å². The number of nitrogens with one attached hydrogen (secondary N) is 1. The summed E-state index contributed by atoms with van der Waals surface area (Å²) in [5.41, 5.74) is 1.13. The Labute approximate surface area is 97.1 Å². The lowest BCUT2D eigenvalue weighted by Gasteiger charge is -2.05. The average Bonchev–Trinajstić information content (AvgIpc) is 2.35. The van der Waals surface area contributed by atoms with Gasteiger partial charge in [-0.15, -0.1) is 0 Å². The first-order valence-electron chi connectivity index (χ1n) is 5.02. The molecule has 0 saturated carbocycles. The topological polar surface area (TPSA) is 79.3 Å². The summed E-state index contributed by atoms with van der Waals surface area (Å²) in [7, 11) is 0. The van der Waals surface area contributed by atoms with E-state index < -0.39 is 18.4 Å². The molecule has 0 spiro atoms. The van der Waals surface area contributed by atoms with E-state index in [0.717, 1.165) is 0 Å². The standard InChI is InChI=1S/C12H10N2O3/c15-11(16)7-14-12(17)9-3-1-5-10-8(9)4-2-6-13-10/h1-6H,7H2,(H,14,17)(H,15,16). The van der Waals surface area contributed by atoms with Gasteiger partial charge in [0, 0.05) is 17.1 Å². The number of carbonyl (C=O) groups is 2. The second-order valence-electron chi connectivity index (χ2n) is 3.45. The van der Waals surface area contributed by atoms with Crippen LogP contribution in [0, 0.1) is 0 Å². The fraction of sp³-hybridized carbons (Fsp3) is 0.0833. The van der Waals surface area contributed by atoms with E-state index in [0.29, 0.717) is 16.5 Å². The molecule has 2 N–H and O–H groups in total. The van der Waals surface area contributed by atoms with Gasteiger partial charge in [-0.2, -0.15) is 0 Å². The fourth-order valence-electron chi connectivity index (χ4n) is 1.55. The van der Waals surface area contributed by atoms with E-state index in [2.05, 4.69) is 10.3 Å². The number of pyridine rings is 1. The van der Waals surface area contributed by atoms with Crippen LogP contribution >= 0.6 is 0 Å². The first-order valence-corrected chi connectivity index (χ1v) is 5.02. The maximum Gasteiger partial charge on any atom is 0.322 e. The molecule has 1 amide bonds. The van der Waals surface area contributed by atoms with E-state index in [-0.39, 0.29) is 0 Å². The van der Waals surface area contributed by atoms with Gasteiger partial charge in [0.2, 0.25) is 0 Å². The van der Waals surface area contributed by atoms with Crippen LogP contribution in [0.25, 0.3) is 10.9 Å². The number of fused-ring (bicyclic) bond motifs is 1. The minimum atomic E-state index is -1.07. The third-order valence-corrected chi connectivity index (χ3v) is 2.29. The summed E-state index contributed by atoms with van der Waals surface area (Å²) in [5.74, 6) is -1.48. The van der Waals surface area contributed by atoms with Crippen LogP contribution in [0.1, 0.15) is 10.4 Å². The van der Waals surface area contributed by atoms with Gasteiger partial charge >= 0.3 is 5.97 Å². The maximum atomic E-state index is 11.8. The van der Waals surface area contributed by atoms with E-state index in [4.69, 9.17) is 5.11 Å². The lowest BCUT2D eigenvalue weighted by Crippen LogP contribution is -2.29. The summed E-state index contributed by atoms with van der Waals surface area (Å²) in [5, 5.41) is 11.5. The number of hydrogen-bond donors (Lipinski definition) is 2.